The van der Waals surface area contributed by atoms with Crippen molar-refractivity contribution in [3.63, 3.8) is 0 Å². The third-order valence-corrected chi connectivity index (χ3v) is 6.69. The van der Waals surface area contributed by atoms with Crippen LogP contribution in [0.5, 0.6) is 5.75 Å². The Kier molecular flexibility index (Phi) is 6.65. The number of carbonyl (C=O) groups excluding carboxylic acids is 1. The van der Waals surface area contributed by atoms with Gasteiger partial charge in [0.15, 0.2) is 0 Å². The second-order valence-electron chi connectivity index (χ2n) is 8.95. The van der Waals surface area contributed by atoms with Crippen molar-refractivity contribution in [3.05, 3.63) is 59.2 Å². The SMILES string of the molecule is Cc1ccc2c(c1)[C@@H](NC(=O)CCCN(c1ccccc1C)S(C)(=O)=O)CC(C)(C)O2. The molecule has 3 rings (SSSR count). The van der Waals surface area contributed by atoms with Crippen LogP contribution in [0.4, 0.5) is 5.69 Å². The van der Waals surface area contributed by atoms with Gasteiger partial charge in [-0.05, 0) is 51.8 Å². The van der Waals surface area contributed by atoms with Crippen LogP contribution in [-0.4, -0.2) is 32.7 Å². The van der Waals surface area contributed by atoms with Crippen LogP contribution in [0.15, 0.2) is 42.5 Å². The number of nitrogens with zero attached hydrogens (tertiary/aromatic N) is 1. The molecule has 2 aromatic rings. The molecule has 2 aromatic carbocycles. The molecule has 1 aliphatic rings. The van der Waals surface area contributed by atoms with Gasteiger partial charge < -0.3 is 10.1 Å². The van der Waals surface area contributed by atoms with Crippen molar-refractivity contribution in [2.45, 2.75) is 58.6 Å². The number of hydrogen-bond acceptors (Lipinski definition) is 4. The van der Waals surface area contributed by atoms with E-state index in [-0.39, 0.29) is 30.5 Å². The van der Waals surface area contributed by atoms with Gasteiger partial charge in [0, 0.05) is 24.9 Å². The van der Waals surface area contributed by atoms with Crippen LogP contribution in [0.3, 0.4) is 0 Å². The number of amides is 1. The lowest BCUT2D eigenvalue weighted by Crippen LogP contribution is -2.41. The number of para-hydroxylation sites is 1. The average molecular weight is 445 g/mol. The Labute approximate surface area is 185 Å². The molecule has 1 amide bonds. The molecular weight excluding hydrogens is 412 g/mol. The smallest absolute Gasteiger partial charge is 0.232 e. The number of benzene rings is 2. The highest BCUT2D eigenvalue weighted by atomic mass is 32.2. The number of rotatable bonds is 7. The van der Waals surface area contributed by atoms with Gasteiger partial charge in [-0.2, -0.15) is 0 Å². The van der Waals surface area contributed by atoms with E-state index in [4.69, 9.17) is 4.74 Å². The number of aryl methyl sites for hydroxylation is 2. The summed E-state index contributed by atoms with van der Waals surface area (Å²) in [7, 11) is -3.44. The lowest BCUT2D eigenvalue weighted by molar-refractivity contribution is -0.122. The first-order valence-corrected chi connectivity index (χ1v) is 12.4. The quantitative estimate of drug-likeness (QED) is 0.692. The normalized spacial score (nSPS) is 17.4. The largest absolute Gasteiger partial charge is 0.487 e. The highest BCUT2D eigenvalue weighted by Gasteiger charge is 2.34. The van der Waals surface area contributed by atoms with Crippen molar-refractivity contribution >= 4 is 21.6 Å². The molecule has 0 radical (unpaired) electrons. The number of anilines is 1. The molecule has 1 N–H and O–H groups in total. The van der Waals surface area contributed by atoms with Crippen LogP contribution in [0.1, 0.15) is 55.8 Å². The molecule has 1 atom stereocenters. The van der Waals surface area contributed by atoms with Gasteiger partial charge in [-0.3, -0.25) is 9.10 Å². The van der Waals surface area contributed by atoms with E-state index in [1.807, 2.05) is 58.0 Å². The second-order valence-corrected chi connectivity index (χ2v) is 10.9. The van der Waals surface area contributed by atoms with E-state index in [2.05, 4.69) is 11.4 Å². The van der Waals surface area contributed by atoms with Crippen LogP contribution >= 0.6 is 0 Å². The Hall–Kier alpha value is -2.54. The number of nitrogens with one attached hydrogen (secondary N) is 1. The summed E-state index contributed by atoms with van der Waals surface area (Å²) in [4.78, 5) is 12.7. The molecule has 0 saturated carbocycles. The van der Waals surface area contributed by atoms with Crippen molar-refractivity contribution in [2.75, 3.05) is 17.1 Å². The lowest BCUT2D eigenvalue weighted by Gasteiger charge is -2.38. The van der Waals surface area contributed by atoms with E-state index in [0.717, 1.165) is 22.4 Å². The Balaban J connectivity index is 1.66. The predicted octanol–water partition coefficient (Wildman–Crippen LogP) is 4.27. The molecule has 0 unspecified atom stereocenters. The van der Waals surface area contributed by atoms with Gasteiger partial charge >= 0.3 is 0 Å². The molecule has 0 spiro atoms. The Morgan fingerprint density at radius 2 is 1.90 bits per heavy atom. The van der Waals surface area contributed by atoms with Gasteiger partial charge in [-0.15, -0.1) is 0 Å². The maximum Gasteiger partial charge on any atom is 0.232 e. The van der Waals surface area contributed by atoms with Crippen LogP contribution in [0.2, 0.25) is 0 Å². The number of hydrogen-bond donors (Lipinski definition) is 1. The van der Waals surface area contributed by atoms with E-state index in [1.165, 1.54) is 10.6 Å². The van der Waals surface area contributed by atoms with Gasteiger partial charge in [0.1, 0.15) is 11.4 Å². The number of carbonyl (C=O) groups is 1. The molecule has 1 aliphatic heterocycles. The number of ether oxygens (including phenoxy) is 1. The van der Waals surface area contributed by atoms with Crippen LogP contribution in [0, 0.1) is 13.8 Å². The number of sulfonamides is 1. The third-order valence-electron chi connectivity index (χ3n) is 5.51. The van der Waals surface area contributed by atoms with Gasteiger partial charge in [0.25, 0.3) is 0 Å². The topological polar surface area (TPSA) is 75.7 Å². The first-order chi connectivity index (χ1) is 14.5. The highest BCUT2D eigenvalue weighted by molar-refractivity contribution is 7.92. The minimum absolute atomic E-state index is 0.0895. The monoisotopic (exact) mass is 444 g/mol. The van der Waals surface area contributed by atoms with Crippen molar-refractivity contribution < 1.29 is 17.9 Å². The summed E-state index contributed by atoms with van der Waals surface area (Å²) in [5, 5.41) is 3.13. The molecule has 0 bridgehead atoms. The molecule has 0 aliphatic carbocycles. The highest BCUT2D eigenvalue weighted by Crippen LogP contribution is 2.39. The minimum atomic E-state index is -3.44. The zero-order chi connectivity index (χ0) is 22.8. The standard InChI is InChI=1S/C24H32N2O4S/c1-17-12-13-22-19(15-17)20(16-24(3,4)30-22)25-23(27)11-8-14-26(31(5,28)29)21-10-7-6-9-18(21)2/h6-7,9-10,12-13,15,20H,8,11,14,16H2,1-5H3,(H,25,27)/t20-/m0/s1. The molecule has 0 aromatic heterocycles. The van der Waals surface area contributed by atoms with Crippen molar-refractivity contribution in [1.29, 1.82) is 0 Å². The summed E-state index contributed by atoms with van der Waals surface area (Å²) in [5.41, 5.74) is 3.27. The van der Waals surface area contributed by atoms with Crippen LogP contribution in [-0.2, 0) is 14.8 Å². The molecule has 168 valence electrons. The summed E-state index contributed by atoms with van der Waals surface area (Å²) in [6.45, 7) is 8.19. The lowest BCUT2D eigenvalue weighted by atomic mass is 9.89. The van der Waals surface area contributed by atoms with E-state index < -0.39 is 10.0 Å². The van der Waals surface area contributed by atoms with E-state index >= 15 is 0 Å². The van der Waals surface area contributed by atoms with E-state index in [1.54, 1.807) is 6.07 Å². The Morgan fingerprint density at radius 3 is 2.58 bits per heavy atom. The minimum Gasteiger partial charge on any atom is -0.487 e. The van der Waals surface area contributed by atoms with Crippen LogP contribution < -0.4 is 14.4 Å². The maximum absolute atomic E-state index is 12.7. The Bertz CT molecular complexity index is 1060. The maximum atomic E-state index is 12.7. The van der Waals surface area contributed by atoms with Gasteiger partial charge in [0.2, 0.25) is 15.9 Å². The van der Waals surface area contributed by atoms with Crippen molar-refractivity contribution in [3.8, 4) is 5.75 Å². The first-order valence-electron chi connectivity index (χ1n) is 10.6. The van der Waals surface area contributed by atoms with Gasteiger partial charge in [0.05, 0.1) is 18.0 Å². The van der Waals surface area contributed by atoms with E-state index in [0.29, 0.717) is 18.5 Å². The summed E-state index contributed by atoms with van der Waals surface area (Å²) >= 11 is 0. The molecular formula is C24H32N2O4S. The van der Waals surface area contributed by atoms with Crippen molar-refractivity contribution in [1.82, 2.24) is 5.32 Å². The van der Waals surface area contributed by atoms with Gasteiger partial charge in [-0.1, -0.05) is 35.9 Å². The molecule has 6 nitrogen and oxygen atoms in total. The van der Waals surface area contributed by atoms with Crippen molar-refractivity contribution in [2.24, 2.45) is 0 Å². The van der Waals surface area contributed by atoms with Crippen LogP contribution in [0.25, 0.3) is 0 Å². The fourth-order valence-corrected chi connectivity index (χ4v) is 5.08. The molecule has 1 heterocycles. The van der Waals surface area contributed by atoms with E-state index in [9.17, 15) is 13.2 Å². The molecule has 0 saturated heterocycles. The predicted molar refractivity (Wildman–Crippen MR) is 124 cm³/mol. The fraction of sp³-hybridized carbons (Fsp3) is 0.458. The summed E-state index contributed by atoms with van der Waals surface area (Å²) in [5.74, 6) is 0.711. The third kappa shape index (κ3) is 5.79. The summed E-state index contributed by atoms with van der Waals surface area (Å²) < 4.78 is 32.1. The molecule has 7 heteroatoms. The molecule has 0 fully saturated rings. The molecule has 31 heavy (non-hydrogen) atoms. The summed E-state index contributed by atoms with van der Waals surface area (Å²) in [6, 6.07) is 13.3. The zero-order valence-corrected chi connectivity index (χ0v) is 19.8. The first kappa shape index (κ1) is 23.1. The van der Waals surface area contributed by atoms with Gasteiger partial charge in [-0.25, -0.2) is 8.42 Å². The fourth-order valence-electron chi connectivity index (χ4n) is 4.06. The second kappa shape index (κ2) is 8.91. The number of fused-ring (bicyclic) bond motifs is 1. The average Bonchev–Trinajstić information content (AvgIpc) is 2.65. The summed E-state index contributed by atoms with van der Waals surface area (Å²) in [6.07, 6.45) is 2.55. The Morgan fingerprint density at radius 1 is 1.19 bits per heavy atom. The zero-order valence-electron chi connectivity index (χ0n) is 18.9.